The Hall–Kier alpha value is -0.450. The smallest absolute Gasteiger partial charge is 0.306 e. The Labute approximate surface area is 108 Å². The lowest BCUT2D eigenvalue weighted by molar-refractivity contribution is -0.140. The number of hydrogen-bond acceptors (Lipinski definition) is 4. The van der Waals surface area contributed by atoms with Gasteiger partial charge in [0.05, 0.1) is 18.6 Å². The maximum absolute atomic E-state index is 10.9. The van der Waals surface area contributed by atoms with Crippen LogP contribution in [0.2, 0.25) is 10.2 Å². The van der Waals surface area contributed by atoms with Crippen LogP contribution in [0.4, 0.5) is 0 Å². The number of thioether (sulfide) groups is 1. The molecule has 88 valence electrons. The number of aromatic nitrogens is 1. The van der Waals surface area contributed by atoms with Gasteiger partial charge in [-0.25, -0.2) is 4.98 Å². The molecule has 1 aromatic rings. The van der Waals surface area contributed by atoms with Crippen molar-refractivity contribution in [2.45, 2.75) is 18.2 Å². The van der Waals surface area contributed by atoms with Gasteiger partial charge in [0.25, 0.3) is 0 Å². The Morgan fingerprint density at radius 2 is 2.25 bits per heavy atom. The van der Waals surface area contributed by atoms with Gasteiger partial charge in [0.15, 0.2) is 0 Å². The summed E-state index contributed by atoms with van der Waals surface area (Å²) in [5, 5.41) is 0.726. The van der Waals surface area contributed by atoms with Gasteiger partial charge in [-0.15, -0.1) is 11.8 Å². The predicted molar refractivity (Wildman–Crippen MR) is 66.4 cm³/mol. The molecule has 0 aromatic carbocycles. The number of pyridine rings is 1. The number of aryl methyl sites for hydroxylation is 1. The van der Waals surface area contributed by atoms with Crippen molar-refractivity contribution in [2.24, 2.45) is 0 Å². The van der Waals surface area contributed by atoms with E-state index in [9.17, 15) is 4.79 Å². The molecule has 1 rings (SSSR count). The van der Waals surface area contributed by atoms with Crippen molar-refractivity contribution in [3.8, 4) is 0 Å². The number of nitrogens with zero attached hydrogens (tertiary/aromatic N) is 1. The largest absolute Gasteiger partial charge is 0.469 e. The molecule has 0 aliphatic carbocycles. The van der Waals surface area contributed by atoms with E-state index >= 15 is 0 Å². The molecule has 0 saturated carbocycles. The molecule has 3 nitrogen and oxygen atoms in total. The van der Waals surface area contributed by atoms with Crippen molar-refractivity contribution in [3.05, 3.63) is 21.9 Å². The molecular formula is C10H11Cl2NO2S. The molecular weight excluding hydrogens is 269 g/mol. The first kappa shape index (κ1) is 13.6. The average molecular weight is 280 g/mol. The van der Waals surface area contributed by atoms with E-state index in [0.717, 1.165) is 10.6 Å². The fraction of sp³-hybridized carbons (Fsp3) is 0.400. The molecule has 0 spiro atoms. The summed E-state index contributed by atoms with van der Waals surface area (Å²) in [5.74, 6) is 0.368. The number of rotatable bonds is 4. The minimum Gasteiger partial charge on any atom is -0.469 e. The second-order valence-corrected chi connectivity index (χ2v) is 4.91. The van der Waals surface area contributed by atoms with Crippen LogP contribution in [-0.2, 0) is 9.53 Å². The summed E-state index contributed by atoms with van der Waals surface area (Å²) in [6.45, 7) is 1.84. The lowest BCUT2D eigenvalue weighted by Crippen LogP contribution is -2.01. The van der Waals surface area contributed by atoms with E-state index in [-0.39, 0.29) is 5.97 Å². The van der Waals surface area contributed by atoms with Gasteiger partial charge < -0.3 is 4.74 Å². The molecule has 0 fully saturated rings. The third kappa shape index (κ3) is 3.85. The third-order valence-corrected chi connectivity index (χ3v) is 3.71. The highest BCUT2D eigenvalue weighted by Gasteiger charge is 2.09. The van der Waals surface area contributed by atoms with E-state index in [2.05, 4.69) is 9.72 Å². The van der Waals surface area contributed by atoms with Gasteiger partial charge >= 0.3 is 5.97 Å². The van der Waals surface area contributed by atoms with Crippen molar-refractivity contribution in [3.63, 3.8) is 0 Å². The van der Waals surface area contributed by atoms with Crippen LogP contribution in [0.5, 0.6) is 0 Å². The molecule has 1 aromatic heterocycles. The quantitative estimate of drug-likeness (QED) is 0.481. The van der Waals surface area contributed by atoms with E-state index < -0.39 is 0 Å². The number of carbonyl (C=O) groups excluding carboxylic acids is 1. The average Bonchev–Trinajstić information content (AvgIpc) is 2.24. The van der Waals surface area contributed by atoms with E-state index in [1.165, 1.54) is 18.9 Å². The summed E-state index contributed by atoms with van der Waals surface area (Å²) < 4.78 is 4.54. The highest BCUT2D eigenvalue weighted by molar-refractivity contribution is 7.99. The van der Waals surface area contributed by atoms with Crippen LogP contribution in [-0.4, -0.2) is 23.8 Å². The molecule has 16 heavy (non-hydrogen) atoms. The van der Waals surface area contributed by atoms with Crippen LogP contribution in [0.3, 0.4) is 0 Å². The summed E-state index contributed by atoms with van der Waals surface area (Å²) in [4.78, 5) is 15.8. The minimum absolute atomic E-state index is 0.236. The zero-order valence-corrected chi connectivity index (χ0v) is 11.2. The Kier molecular flexibility index (Phi) is 5.38. The van der Waals surface area contributed by atoms with Gasteiger partial charge in [0.2, 0.25) is 0 Å². The molecule has 0 unspecified atom stereocenters. The number of ether oxygens (including phenoxy) is 1. The topological polar surface area (TPSA) is 39.2 Å². The van der Waals surface area contributed by atoms with Gasteiger partial charge in [-0.3, -0.25) is 4.79 Å². The van der Waals surface area contributed by atoms with Crippen molar-refractivity contribution < 1.29 is 9.53 Å². The van der Waals surface area contributed by atoms with Crippen LogP contribution < -0.4 is 0 Å². The monoisotopic (exact) mass is 279 g/mol. The van der Waals surface area contributed by atoms with Crippen LogP contribution in [0.1, 0.15) is 12.1 Å². The molecule has 0 aliphatic heterocycles. The molecule has 6 heteroatoms. The van der Waals surface area contributed by atoms with Gasteiger partial charge in [0.1, 0.15) is 5.15 Å². The zero-order chi connectivity index (χ0) is 12.1. The first-order chi connectivity index (χ1) is 7.54. The zero-order valence-electron chi connectivity index (χ0n) is 8.92. The minimum atomic E-state index is -0.236. The number of halogens is 2. The molecule has 0 amide bonds. The number of carbonyl (C=O) groups is 1. The van der Waals surface area contributed by atoms with E-state index in [1.807, 2.05) is 13.0 Å². The lowest BCUT2D eigenvalue weighted by Gasteiger charge is -2.06. The van der Waals surface area contributed by atoms with Gasteiger partial charge in [-0.05, 0) is 13.0 Å². The van der Waals surface area contributed by atoms with Crippen molar-refractivity contribution in [1.29, 1.82) is 0 Å². The van der Waals surface area contributed by atoms with Gasteiger partial charge in [-0.2, -0.15) is 0 Å². The Morgan fingerprint density at radius 3 is 2.88 bits per heavy atom. The fourth-order valence-electron chi connectivity index (χ4n) is 1.04. The SMILES string of the molecule is COC(=O)CCSc1cc(C)nc(Cl)c1Cl. The lowest BCUT2D eigenvalue weighted by atomic mass is 10.4. The van der Waals surface area contributed by atoms with Crippen LogP contribution in [0, 0.1) is 6.92 Å². The molecule has 1 heterocycles. The summed E-state index contributed by atoms with van der Waals surface area (Å²) >= 11 is 13.3. The molecule has 0 saturated heterocycles. The fourth-order valence-corrected chi connectivity index (χ4v) is 2.56. The number of hydrogen-bond donors (Lipinski definition) is 0. The molecule has 0 bridgehead atoms. The van der Waals surface area contributed by atoms with Crippen molar-refractivity contribution >= 4 is 40.9 Å². The second-order valence-electron chi connectivity index (χ2n) is 3.04. The van der Waals surface area contributed by atoms with Crippen LogP contribution >= 0.6 is 35.0 Å². The third-order valence-electron chi connectivity index (χ3n) is 1.80. The highest BCUT2D eigenvalue weighted by atomic mass is 35.5. The highest BCUT2D eigenvalue weighted by Crippen LogP contribution is 2.32. The summed E-state index contributed by atoms with van der Waals surface area (Å²) in [7, 11) is 1.37. The van der Waals surface area contributed by atoms with E-state index in [0.29, 0.717) is 22.3 Å². The first-order valence-corrected chi connectivity index (χ1v) is 6.31. The Balaban J connectivity index is 2.63. The maximum atomic E-state index is 10.9. The van der Waals surface area contributed by atoms with Crippen LogP contribution in [0.25, 0.3) is 0 Å². The molecule has 0 aliphatic rings. The van der Waals surface area contributed by atoms with Crippen molar-refractivity contribution in [2.75, 3.05) is 12.9 Å². The molecule has 0 atom stereocenters. The standard InChI is InChI=1S/C10H11Cl2NO2S/c1-6-5-7(9(11)10(12)13-6)16-4-3-8(14)15-2/h5H,3-4H2,1-2H3. The normalized spacial score (nSPS) is 10.2. The second kappa shape index (κ2) is 6.33. The van der Waals surface area contributed by atoms with Crippen molar-refractivity contribution in [1.82, 2.24) is 4.98 Å². The predicted octanol–water partition coefficient (Wildman–Crippen LogP) is 3.35. The van der Waals surface area contributed by atoms with Gasteiger partial charge in [-0.1, -0.05) is 23.2 Å². The summed E-state index contributed by atoms with van der Waals surface area (Å²) in [6, 6.07) is 1.84. The Bertz CT molecular complexity index is 399. The maximum Gasteiger partial charge on any atom is 0.306 e. The molecule has 0 radical (unpaired) electrons. The van der Waals surface area contributed by atoms with Gasteiger partial charge in [0, 0.05) is 16.3 Å². The number of esters is 1. The van der Waals surface area contributed by atoms with Crippen LogP contribution in [0.15, 0.2) is 11.0 Å². The van der Waals surface area contributed by atoms with E-state index in [1.54, 1.807) is 0 Å². The summed E-state index contributed by atoms with van der Waals surface area (Å²) in [6.07, 6.45) is 0.344. The first-order valence-electron chi connectivity index (χ1n) is 4.57. The number of methoxy groups -OCH3 is 1. The molecule has 0 N–H and O–H groups in total. The Morgan fingerprint density at radius 1 is 1.56 bits per heavy atom. The summed E-state index contributed by atoms with van der Waals surface area (Å²) in [5.41, 5.74) is 0.801. The van der Waals surface area contributed by atoms with E-state index in [4.69, 9.17) is 23.2 Å².